The molecule has 10 heteroatoms. The van der Waals surface area contributed by atoms with Gasteiger partial charge >= 0.3 is 6.18 Å². The molecule has 0 bridgehead atoms. The molecule has 0 radical (unpaired) electrons. The van der Waals surface area contributed by atoms with Gasteiger partial charge in [0.2, 0.25) is 0 Å². The Morgan fingerprint density at radius 1 is 1.39 bits per heavy atom. The number of nitrogens with two attached hydrogens (primary N) is 1. The van der Waals surface area contributed by atoms with E-state index in [0.29, 0.717) is 0 Å². The lowest BCUT2D eigenvalue weighted by Gasteiger charge is -2.08. The van der Waals surface area contributed by atoms with Crippen molar-refractivity contribution in [2.24, 2.45) is 17.8 Å². The summed E-state index contributed by atoms with van der Waals surface area (Å²) in [5.74, 6) is -0.921. The first kappa shape index (κ1) is 20.7. The van der Waals surface area contributed by atoms with Crippen LogP contribution in [0.5, 0.6) is 5.75 Å². The van der Waals surface area contributed by atoms with Crippen LogP contribution in [0.3, 0.4) is 0 Å². The maximum atomic E-state index is 12.9. The Hall–Kier alpha value is -3.56. The van der Waals surface area contributed by atoms with Crippen molar-refractivity contribution in [3.8, 4) is 5.75 Å². The van der Waals surface area contributed by atoms with Gasteiger partial charge in [-0.2, -0.15) is 18.3 Å². The van der Waals surface area contributed by atoms with E-state index in [4.69, 9.17) is 5.73 Å². The number of halogens is 3. The molecule has 4 N–H and O–H groups in total. The molecule has 0 saturated heterocycles. The van der Waals surface area contributed by atoms with Crippen LogP contribution in [-0.2, 0) is 13.2 Å². The maximum absolute atomic E-state index is 12.9. The van der Waals surface area contributed by atoms with Crippen LogP contribution in [0.25, 0.3) is 5.57 Å². The van der Waals surface area contributed by atoms with Crippen LogP contribution in [0, 0.1) is 0 Å². The van der Waals surface area contributed by atoms with Crippen LogP contribution < -0.4 is 11.1 Å². The first-order valence-corrected chi connectivity index (χ1v) is 7.93. The Morgan fingerprint density at radius 3 is 2.57 bits per heavy atom. The molecule has 0 spiro atoms. The number of amides is 1. The van der Waals surface area contributed by atoms with Gasteiger partial charge in [-0.1, -0.05) is 24.8 Å². The zero-order valence-corrected chi connectivity index (χ0v) is 15.1. The zero-order chi connectivity index (χ0) is 21.1. The van der Waals surface area contributed by atoms with Gasteiger partial charge in [0.1, 0.15) is 17.4 Å². The third kappa shape index (κ3) is 4.58. The van der Waals surface area contributed by atoms with Crippen LogP contribution in [0.15, 0.2) is 53.8 Å². The van der Waals surface area contributed by atoms with E-state index in [1.54, 1.807) is 12.1 Å². The third-order valence-electron chi connectivity index (χ3n) is 3.66. The molecule has 0 aliphatic heterocycles. The smallest absolute Gasteiger partial charge is 0.435 e. The average molecular weight is 393 g/mol. The molecule has 1 aromatic carbocycles. The first-order valence-electron chi connectivity index (χ1n) is 7.93. The molecule has 7 nitrogen and oxygen atoms in total. The number of aromatic hydroxyl groups is 1. The van der Waals surface area contributed by atoms with E-state index >= 15 is 0 Å². The predicted octanol–water partition coefficient (Wildman–Crippen LogP) is 2.81. The molecule has 148 valence electrons. The van der Waals surface area contributed by atoms with Crippen molar-refractivity contribution in [3.63, 3.8) is 0 Å². The Balaban J connectivity index is 2.33. The summed E-state index contributed by atoms with van der Waals surface area (Å²) in [6.07, 6.45) is -3.37. The summed E-state index contributed by atoms with van der Waals surface area (Å²) in [5, 5.41) is 15.6. The highest BCUT2D eigenvalue weighted by Gasteiger charge is 2.35. The number of nitrogens with one attached hydrogen (secondary N) is 1. The molecular weight excluding hydrogens is 375 g/mol. The summed E-state index contributed by atoms with van der Waals surface area (Å²) in [6.45, 7) is 4.99. The fourth-order valence-corrected chi connectivity index (χ4v) is 2.36. The summed E-state index contributed by atoms with van der Waals surface area (Å²) in [6, 6.07) is 6.74. The van der Waals surface area contributed by atoms with Crippen molar-refractivity contribution in [3.05, 3.63) is 65.8 Å². The molecule has 2 aromatic rings. The van der Waals surface area contributed by atoms with E-state index in [9.17, 15) is 23.1 Å². The number of carbonyl (C=O) groups excluding carboxylic acids is 1. The molecule has 28 heavy (non-hydrogen) atoms. The lowest BCUT2D eigenvalue weighted by Crippen LogP contribution is -2.29. The monoisotopic (exact) mass is 393 g/mol. The number of aliphatic imine (C=N–C) groups is 1. The van der Waals surface area contributed by atoms with E-state index in [2.05, 4.69) is 22.0 Å². The lowest BCUT2D eigenvalue weighted by atomic mass is 10.1. The normalized spacial score (nSPS) is 13.1. The standard InChI is InChI=1S/C18H18F3N5O2/c1-4-11(13-9-15(18(19,20)21)25-26(13)3)16(22)23-10(2)24-17(28)12-7-5-6-8-14(12)27/h4-9,27H,1,22H2,2-3H3,(H,23,24,28)/b16-11+. The van der Waals surface area contributed by atoms with Crippen LogP contribution in [-0.4, -0.2) is 26.6 Å². The molecular formula is C18H18F3N5O2. The zero-order valence-electron chi connectivity index (χ0n) is 15.1. The number of aromatic nitrogens is 2. The highest BCUT2D eigenvalue weighted by Crippen LogP contribution is 2.30. The fraction of sp³-hybridized carbons (Fsp3) is 0.167. The van der Waals surface area contributed by atoms with E-state index in [0.717, 1.165) is 10.7 Å². The van der Waals surface area contributed by atoms with Crippen molar-refractivity contribution in [1.29, 1.82) is 0 Å². The maximum Gasteiger partial charge on any atom is 0.435 e. The number of aryl methyl sites for hydroxylation is 1. The average Bonchev–Trinajstić information content (AvgIpc) is 2.97. The molecule has 0 atom stereocenters. The van der Waals surface area contributed by atoms with Gasteiger partial charge < -0.3 is 16.2 Å². The van der Waals surface area contributed by atoms with Crippen molar-refractivity contribution >= 4 is 17.3 Å². The largest absolute Gasteiger partial charge is 0.507 e. The van der Waals surface area contributed by atoms with E-state index < -0.39 is 17.8 Å². The summed E-state index contributed by atoms with van der Waals surface area (Å²) >= 11 is 0. The summed E-state index contributed by atoms with van der Waals surface area (Å²) in [5.41, 5.74) is 5.02. The van der Waals surface area contributed by atoms with Gasteiger partial charge in [0.05, 0.1) is 11.3 Å². The van der Waals surface area contributed by atoms with Crippen LogP contribution in [0.4, 0.5) is 13.2 Å². The fourth-order valence-electron chi connectivity index (χ4n) is 2.36. The summed E-state index contributed by atoms with van der Waals surface area (Å²) in [4.78, 5) is 16.2. The summed E-state index contributed by atoms with van der Waals surface area (Å²) in [7, 11) is 1.33. The quantitative estimate of drug-likeness (QED) is 0.422. The van der Waals surface area contributed by atoms with E-state index in [1.807, 2.05) is 0 Å². The lowest BCUT2D eigenvalue weighted by molar-refractivity contribution is -0.141. The molecule has 0 unspecified atom stereocenters. The molecule has 1 amide bonds. The minimum Gasteiger partial charge on any atom is -0.507 e. The second kappa shape index (κ2) is 7.99. The van der Waals surface area contributed by atoms with Crippen molar-refractivity contribution in [2.45, 2.75) is 13.1 Å². The Bertz CT molecular complexity index is 974. The number of carbonyl (C=O) groups is 1. The van der Waals surface area contributed by atoms with Crippen LogP contribution in [0.2, 0.25) is 0 Å². The van der Waals surface area contributed by atoms with Gasteiger partial charge in [0.15, 0.2) is 5.69 Å². The number of nitrogens with zero attached hydrogens (tertiary/aromatic N) is 3. The number of hydrogen-bond acceptors (Lipinski definition) is 5. The topological polar surface area (TPSA) is 106 Å². The minimum absolute atomic E-state index is 0.0324. The van der Waals surface area contributed by atoms with E-state index in [1.165, 1.54) is 32.2 Å². The number of amidine groups is 1. The highest BCUT2D eigenvalue weighted by molar-refractivity contribution is 6.07. The van der Waals surface area contributed by atoms with Crippen molar-refractivity contribution in [1.82, 2.24) is 15.1 Å². The van der Waals surface area contributed by atoms with Crippen LogP contribution >= 0.6 is 0 Å². The number of hydrogen-bond donors (Lipinski definition) is 3. The number of alkyl halides is 3. The van der Waals surface area contributed by atoms with Gasteiger partial charge in [-0.15, -0.1) is 0 Å². The molecule has 0 saturated carbocycles. The number of phenols is 1. The van der Waals surface area contributed by atoms with Crippen molar-refractivity contribution < 1.29 is 23.1 Å². The third-order valence-corrected chi connectivity index (χ3v) is 3.66. The summed E-state index contributed by atoms with van der Waals surface area (Å²) < 4.78 is 39.6. The number of rotatable bonds is 4. The Kier molecular flexibility index (Phi) is 5.92. The molecule has 1 heterocycles. The first-order chi connectivity index (χ1) is 13.0. The van der Waals surface area contributed by atoms with Crippen molar-refractivity contribution in [2.75, 3.05) is 0 Å². The number of para-hydroxylation sites is 1. The predicted molar refractivity (Wildman–Crippen MR) is 98.2 cm³/mol. The Morgan fingerprint density at radius 2 is 2.04 bits per heavy atom. The molecule has 0 aliphatic rings. The SMILES string of the molecule is C=C/C(=C(N)\N=C(/C)NC(=O)c1ccccc1O)c1cc(C(F)(F)F)nn1C. The second-order valence-corrected chi connectivity index (χ2v) is 5.71. The second-order valence-electron chi connectivity index (χ2n) is 5.71. The van der Waals surface area contributed by atoms with E-state index in [-0.39, 0.29) is 34.2 Å². The molecule has 2 rings (SSSR count). The molecule has 0 fully saturated rings. The number of allylic oxidation sites excluding steroid dienone is 2. The molecule has 0 aliphatic carbocycles. The van der Waals surface area contributed by atoms with Gasteiger partial charge in [-0.3, -0.25) is 9.48 Å². The number of benzene rings is 1. The molecule has 1 aromatic heterocycles. The number of phenolic OH excluding ortho intramolecular Hbond substituents is 1. The van der Waals surface area contributed by atoms with Gasteiger partial charge in [0, 0.05) is 12.6 Å². The highest BCUT2D eigenvalue weighted by atomic mass is 19.4. The van der Waals surface area contributed by atoms with Gasteiger partial charge in [-0.05, 0) is 25.1 Å². The Labute approximate surface area is 158 Å². The van der Waals surface area contributed by atoms with Crippen LogP contribution in [0.1, 0.15) is 28.7 Å². The van der Waals surface area contributed by atoms with Gasteiger partial charge in [0.25, 0.3) is 5.91 Å². The van der Waals surface area contributed by atoms with Gasteiger partial charge in [-0.25, -0.2) is 4.99 Å². The minimum atomic E-state index is -4.61.